The molecule has 3 heterocycles. The summed E-state index contributed by atoms with van der Waals surface area (Å²) in [5.74, 6) is 0.442. The zero-order valence-corrected chi connectivity index (χ0v) is 17.2. The Morgan fingerprint density at radius 3 is 2.58 bits per heavy atom. The standard InChI is InChI=1S/C24H18N4O5/c29-22(20-14-32-18-9-3-4-10-19(18)33-20)27-26-13-17-15-7-1-2-8-16(15)23(30)28(24(17)31)21-11-5-6-12-25-21/h1-13,20,31H,14H2,(H,27,29)/b26-13+. The molecule has 1 unspecified atom stereocenters. The highest BCUT2D eigenvalue weighted by atomic mass is 16.6. The molecule has 0 saturated carbocycles. The summed E-state index contributed by atoms with van der Waals surface area (Å²) in [5.41, 5.74) is 2.24. The van der Waals surface area contributed by atoms with Gasteiger partial charge in [-0.2, -0.15) is 5.10 Å². The van der Waals surface area contributed by atoms with E-state index in [0.717, 1.165) is 4.57 Å². The van der Waals surface area contributed by atoms with E-state index in [-0.39, 0.29) is 23.9 Å². The monoisotopic (exact) mass is 442 g/mol. The van der Waals surface area contributed by atoms with Crippen LogP contribution < -0.4 is 20.5 Å². The lowest BCUT2D eigenvalue weighted by atomic mass is 10.1. The van der Waals surface area contributed by atoms with Crippen molar-refractivity contribution in [2.75, 3.05) is 6.61 Å². The van der Waals surface area contributed by atoms with Gasteiger partial charge in [-0.15, -0.1) is 0 Å². The molecular weight excluding hydrogens is 424 g/mol. The second kappa shape index (κ2) is 8.46. The predicted octanol–water partition coefficient (Wildman–Crippen LogP) is 2.38. The van der Waals surface area contributed by atoms with E-state index in [1.807, 2.05) is 6.07 Å². The van der Waals surface area contributed by atoms with E-state index in [2.05, 4.69) is 15.5 Å². The summed E-state index contributed by atoms with van der Waals surface area (Å²) in [4.78, 5) is 29.7. The lowest BCUT2D eigenvalue weighted by Gasteiger charge is -2.24. The maximum absolute atomic E-state index is 13.0. The fraction of sp³-hybridized carbons (Fsp3) is 0.0833. The van der Waals surface area contributed by atoms with Crippen molar-refractivity contribution in [1.29, 1.82) is 0 Å². The highest BCUT2D eigenvalue weighted by Crippen LogP contribution is 2.31. The van der Waals surface area contributed by atoms with Gasteiger partial charge in [-0.25, -0.2) is 15.0 Å². The van der Waals surface area contributed by atoms with Gasteiger partial charge in [-0.3, -0.25) is 9.59 Å². The molecule has 1 amide bonds. The number of para-hydroxylation sites is 2. The summed E-state index contributed by atoms with van der Waals surface area (Å²) >= 11 is 0. The van der Waals surface area contributed by atoms with Crippen LogP contribution in [0.3, 0.4) is 0 Å². The highest BCUT2D eigenvalue weighted by molar-refractivity contribution is 6.02. The fourth-order valence-corrected chi connectivity index (χ4v) is 3.57. The first-order valence-corrected chi connectivity index (χ1v) is 10.1. The van der Waals surface area contributed by atoms with Gasteiger partial charge in [0.2, 0.25) is 12.0 Å². The first-order valence-electron chi connectivity index (χ1n) is 10.1. The number of hydrazone groups is 1. The average molecular weight is 442 g/mol. The highest BCUT2D eigenvalue weighted by Gasteiger charge is 2.27. The minimum atomic E-state index is -0.884. The van der Waals surface area contributed by atoms with E-state index >= 15 is 0 Å². The number of benzene rings is 2. The summed E-state index contributed by atoms with van der Waals surface area (Å²) in [5, 5.41) is 15.8. The molecule has 1 aliphatic rings. The van der Waals surface area contributed by atoms with Crippen molar-refractivity contribution in [3.63, 3.8) is 0 Å². The van der Waals surface area contributed by atoms with Gasteiger partial charge in [0.25, 0.3) is 11.5 Å². The van der Waals surface area contributed by atoms with Crippen molar-refractivity contribution >= 4 is 22.9 Å². The van der Waals surface area contributed by atoms with Gasteiger partial charge >= 0.3 is 0 Å². The number of pyridine rings is 2. The SMILES string of the molecule is O=C(N/N=C/c1c(O)n(-c2ccccn2)c(=O)c2ccccc12)C1COc2ccccc2O1. The molecule has 2 aromatic heterocycles. The summed E-state index contributed by atoms with van der Waals surface area (Å²) in [6.45, 7) is 0.0388. The number of nitrogens with one attached hydrogen (secondary N) is 1. The minimum absolute atomic E-state index is 0.0388. The first-order chi connectivity index (χ1) is 16.1. The van der Waals surface area contributed by atoms with Crippen LogP contribution in [-0.4, -0.2) is 39.5 Å². The van der Waals surface area contributed by atoms with Gasteiger partial charge in [-0.1, -0.05) is 36.4 Å². The molecule has 1 aliphatic heterocycles. The predicted molar refractivity (Wildman–Crippen MR) is 121 cm³/mol. The molecule has 0 fully saturated rings. The van der Waals surface area contributed by atoms with Crippen LogP contribution in [0.5, 0.6) is 17.4 Å². The second-order valence-corrected chi connectivity index (χ2v) is 7.21. The number of rotatable bonds is 4. The van der Waals surface area contributed by atoms with Gasteiger partial charge in [0.15, 0.2) is 11.5 Å². The third kappa shape index (κ3) is 3.76. The van der Waals surface area contributed by atoms with Crippen molar-refractivity contribution < 1.29 is 19.4 Å². The Morgan fingerprint density at radius 1 is 1.06 bits per heavy atom. The van der Waals surface area contributed by atoms with Crippen LogP contribution in [0.25, 0.3) is 16.6 Å². The van der Waals surface area contributed by atoms with Crippen LogP contribution in [-0.2, 0) is 4.79 Å². The quantitative estimate of drug-likeness (QED) is 0.370. The summed E-state index contributed by atoms with van der Waals surface area (Å²) in [7, 11) is 0. The van der Waals surface area contributed by atoms with Gasteiger partial charge in [0, 0.05) is 17.0 Å². The van der Waals surface area contributed by atoms with Gasteiger partial charge < -0.3 is 14.6 Å². The van der Waals surface area contributed by atoms with E-state index in [4.69, 9.17) is 9.47 Å². The molecule has 0 radical (unpaired) electrons. The largest absolute Gasteiger partial charge is 0.494 e. The van der Waals surface area contributed by atoms with Crippen LogP contribution in [0.15, 0.2) is 82.8 Å². The first kappa shape index (κ1) is 20.3. The van der Waals surface area contributed by atoms with E-state index in [1.54, 1.807) is 60.7 Å². The summed E-state index contributed by atoms with van der Waals surface area (Å²) in [6.07, 6.45) is 1.92. The van der Waals surface area contributed by atoms with Crippen molar-refractivity contribution in [2.45, 2.75) is 6.10 Å². The summed E-state index contributed by atoms with van der Waals surface area (Å²) < 4.78 is 12.3. The molecule has 33 heavy (non-hydrogen) atoms. The van der Waals surface area contributed by atoms with Gasteiger partial charge in [0.05, 0.1) is 11.8 Å². The van der Waals surface area contributed by atoms with Crippen LogP contribution in [0.4, 0.5) is 0 Å². The average Bonchev–Trinajstić information content (AvgIpc) is 2.86. The Hall–Kier alpha value is -4.66. The number of hydrogen-bond acceptors (Lipinski definition) is 7. The van der Waals surface area contributed by atoms with Crippen LogP contribution in [0.1, 0.15) is 5.56 Å². The maximum Gasteiger partial charge on any atom is 0.284 e. The van der Waals surface area contributed by atoms with Crippen molar-refractivity contribution in [1.82, 2.24) is 15.0 Å². The summed E-state index contributed by atoms with van der Waals surface area (Å²) in [6, 6.07) is 18.9. The third-order valence-corrected chi connectivity index (χ3v) is 5.15. The number of hydrogen-bond donors (Lipinski definition) is 2. The number of aromatic nitrogens is 2. The molecule has 2 N–H and O–H groups in total. The number of ether oxygens (including phenoxy) is 2. The second-order valence-electron chi connectivity index (χ2n) is 7.21. The molecule has 1 atom stereocenters. The number of nitrogens with zero attached hydrogens (tertiary/aromatic N) is 3. The van der Waals surface area contributed by atoms with E-state index in [1.165, 1.54) is 12.4 Å². The van der Waals surface area contributed by atoms with Crippen molar-refractivity contribution in [3.05, 3.63) is 88.8 Å². The van der Waals surface area contributed by atoms with Gasteiger partial charge in [0.1, 0.15) is 12.4 Å². The smallest absolute Gasteiger partial charge is 0.284 e. The molecule has 4 aromatic rings. The zero-order valence-electron chi connectivity index (χ0n) is 17.2. The minimum Gasteiger partial charge on any atom is -0.494 e. The number of carbonyl (C=O) groups is 1. The van der Waals surface area contributed by atoms with Crippen molar-refractivity contribution in [3.8, 4) is 23.2 Å². The molecule has 0 spiro atoms. The number of carbonyl (C=O) groups excluding carboxylic acids is 1. The van der Waals surface area contributed by atoms with Crippen LogP contribution in [0.2, 0.25) is 0 Å². The Balaban J connectivity index is 1.45. The van der Waals surface area contributed by atoms with Crippen LogP contribution >= 0.6 is 0 Å². The maximum atomic E-state index is 13.0. The van der Waals surface area contributed by atoms with Gasteiger partial charge in [-0.05, 0) is 30.3 Å². The number of aromatic hydroxyl groups is 1. The molecule has 0 bridgehead atoms. The van der Waals surface area contributed by atoms with E-state index in [9.17, 15) is 14.7 Å². The number of fused-ring (bicyclic) bond motifs is 2. The Kier molecular flexibility index (Phi) is 5.19. The normalized spacial score (nSPS) is 15.0. The fourth-order valence-electron chi connectivity index (χ4n) is 3.57. The molecule has 5 rings (SSSR count). The molecule has 0 aliphatic carbocycles. The lowest BCUT2D eigenvalue weighted by Crippen LogP contribution is -2.42. The topological polar surface area (TPSA) is 115 Å². The van der Waals surface area contributed by atoms with E-state index < -0.39 is 17.6 Å². The van der Waals surface area contributed by atoms with Crippen molar-refractivity contribution in [2.24, 2.45) is 5.10 Å². The Bertz CT molecular complexity index is 1430. The van der Waals surface area contributed by atoms with E-state index in [0.29, 0.717) is 22.3 Å². The lowest BCUT2D eigenvalue weighted by molar-refractivity contribution is -0.130. The number of amides is 1. The molecule has 2 aromatic carbocycles. The Morgan fingerprint density at radius 2 is 1.79 bits per heavy atom. The molecular formula is C24H18N4O5. The molecule has 164 valence electrons. The van der Waals surface area contributed by atoms with Crippen LogP contribution in [0, 0.1) is 0 Å². The zero-order chi connectivity index (χ0) is 22.8. The molecule has 9 heteroatoms. The molecule has 0 saturated heterocycles. The molecule has 9 nitrogen and oxygen atoms in total. The third-order valence-electron chi connectivity index (χ3n) is 5.15. The Labute approximate surface area is 187 Å².